The van der Waals surface area contributed by atoms with E-state index in [1.807, 2.05) is 12.2 Å². The summed E-state index contributed by atoms with van der Waals surface area (Å²) in [7, 11) is -5.15. The first-order valence-corrected chi connectivity index (χ1v) is 24.2. The topological polar surface area (TPSA) is 210 Å². The molecule has 356 valence electrons. The fourth-order valence-electron chi connectivity index (χ4n) is 6.06. The van der Waals surface area contributed by atoms with E-state index >= 15 is 0 Å². The molecule has 6 atom stereocenters. The van der Waals surface area contributed by atoms with Crippen molar-refractivity contribution in [3.63, 3.8) is 0 Å². The molecule has 0 aliphatic heterocycles. The summed E-state index contributed by atoms with van der Waals surface area (Å²) in [5.41, 5.74) is 0. The number of phosphoric acid groups is 1. The lowest BCUT2D eigenvalue weighted by atomic mass is 9.85. The van der Waals surface area contributed by atoms with Gasteiger partial charge in [0.1, 0.15) is 43.2 Å². The van der Waals surface area contributed by atoms with Gasteiger partial charge in [-0.05, 0) is 77.0 Å². The van der Waals surface area contributed by atoms with Crippen molar-refractivity contribution in [2.75, 3.05) is 13.2 Å². The number of carbonyl (C=O) groups is 2. The Kier molecular flexibility index (Phi) is 34.6. The van der Waals surface area contributed by atoms with Gasteiger partial charge in [0.2, 0.25) is 0 Å². The molecule has 0 heterocycles. The van der Waals surface area contributed by atoms with Crippen LogP contribution in [0.25, 0.3) is 0 Å². The molecule has 0 aromatic rings. The zero-order valence-corrected chi connectivity index (χ0v) is 38.5. The van der Waals surface area contributed by atoms with Gasteiger partial charge in [-0.2, -0.15) is 0 Å². The van der Waals surface area contributed by atoms with Gasteiger partial charge in [0.15, 0.2) is 6.10 Å². The highest BCUT2D eigenvalue weighted by Crippen LogP contribution is 2.47. The Bertz CT molecular complexity index is 1510. The minimum atomic E-state index is -5.15. The molecule has 0 aromatic heterocycles. The monoisotopic (exact) mass is 905 g/mol. The Balaban J connectivity index is 2.53. The lowest BCUT2D eigenvalue weighted by Crippen LogP contribution is -2.64. The van der Waals surface area contributed by atoms with Crippen molar-refractivity contribution in [1.29, 1.82) is 0 Å². The lowest BCUT2D eigenvalue weighted by molar-refractivity contribution is -0.220. The van der Waals surface area contributed by atoms with Gasteiger partial charge < -0.3 is 39.9 Å². The van der Waals surface area contributed by atoms with Crippen molar-refractivity contribution in [3.05, 3.63) is 109 Å². The molecule has 6 N–H and O–H groups in total. The second kappa shape index (κ2) is 37.8. The first-order chi connectivity index (χ1) is 30.4. The quantitative estimate of drug-likeness (QED) is 0.0152. The van der Waals surface area contributed by atoms with E-state index < -0.39 is 75.7 Å². The van der Waals surface area contributed by atoms with Crippen LogP contribution in [0.4, 0.5) is 0 Å². The minimum Gasteiger partial charge on any atom is -0.462 e. The maximum absolute atomic E-state index is 12.8. The molecule has 14 heteroatoms. The van der Waals surface area contributed by atoms with Crippen LogP contribution in [0.2, 0.25) is 0 Å². The van der Waals surface area contributed by atoms with Gasteiger partial charge in [0.25, 0.3) is 0 Å². The first-order valence-electron chi connectivity index (χ1n) is 22.7. The van der Waals surface area contributed by atoms with Crippen LogP contribution in [0, 0.1) is 0 Å². The third kappa shape index (κ3) is 30.3. The van der Waals surface area contributed by atoms with E-state index in [-0.39, 0.29) is 12.8 Å². The Morgan fingerprint density at radius 3 is 1.38 bits per heavy atom. The van der Waals surface area contributed by atoms with Gasteiger partial charge in [0, 0.05) is 6.42 Å². The molecule has 1 aliphatic carbocycles. The Morgan fingerprint density at radius 1 is 0.508 bits per heavy atom. The molecule has 0 amide bonds. The van der Waals surface area contributed by atoms with E-state index in [0.29, 0.717) is 12.8 Å². The van der Waals surface area contributed by atoms with Crippen molar-refractivity contribution in [2.24, 2.45) is 0 Å². The molecular formula is C49H77O13P. The third-order valence-electron chi connectivity index (χ3n) is 9.64. The number of allylic oxidation sites excluding steroid dienone is 17. The van der Waals surface area contributed by atoms with Crippen molar-refractivity contribution < 1.29 is 63.1 Å². The fraction of sp³-hybridized carbons (Fsp3) is 0.592. The van der Waals surface area contributed by atoms with E-state index in [1.165, 1.54) is 0 Å². The van der Waals surface area contributed by atoms with Crippen LogP contribution in [-0.2, 0) is 32.7 Å². The summed E-state index contributed by atoms with van der Waals surface area (Å²) < 4.78 is 33.4. The Morgan fingerprint density at radius 2 is 0.905 bits per heavy atom. The largest absolute Gasteiger partial charge is 0.472 e. The molecule has 1 fully saturated rings. The first kappa shape index (κ1) is 57.5. The van der Waals surface area contributed by atoms with Crippen LogP contribution in [0.5, 0.6) is 0 Å². The molecule has 13 nitrogen and oxygen atoms in total. The molecule has 0 radical (unpaired) electrons. The lowest BCUT2D eigenvalue weighted by Gasteiger charge is -2.41. The molecule has 0 spiro atoms. The number of carbonyl (C=O) groups excluding carboxylic acids is 2. The van der Waals surface area contributed by atoms with Gasteiger partial charge in [-0.1, -0.05) is 149 Å². The Hall–Kier alpha value is -3.49. The van der Waals surface area contributed by atoms with E-state index in [4.69, 9.17) is 18.5 Å². The smallest absolute Gasteiger partial charge is 0.462 e. The molecule has 63 heavy (non-hydrogen) atoms. The average molecular weight is 905 g/mol. The maximum Gasteiger partial charge on any atom is 0.472 e. The molecule has 0 saturated heterocycles. The van der Waals surface area contributed by atoms with E-state index in [0.717, 1.165) is 89.9 Å². The summed E-state index contributed by atoms with van der Waals surface area (Å²) >= 11 is 0. The van der Waals surface area contributed by atoms with Crippen LogP contribution in [-0.4, -0.2) is 98.3 Å². The number of aliphatic hydroxyl groups is 5. The number of phosphoric ester groups is 1. The summed E-state index contributed by atoms with van der Waals surface area (Å²) in [6.07, 6.45) is 38.8. The number of esters is 2. The van der Waals surface area contributed by atoms with E-state index in [1.54, 1.807) is 12.2 Å². The summed E-state index contributed by atoms with van der Waals surface area (Å²) in [5, 5.41) is 50.1. The van der Waals surface area contributed by atoms with Crippen LogP contribution >= 0.6 is 7.82 Å². The van der Waals surface area contributed by atoms with E-state index in [9.17, 15) is 44.6 Å². The third-order valence-corrected chi connectivity index (χ3v) is 10.6. The number of hydrogen-bond donors (Lipinski definition) is 6. The van der Waals surface area contributed by atoms with Crippen molar-refractivity contribution >= 4 is 19.8 Å². The number of rotatable bonds is 35. The fourth-order valence-corrected chi connectivity index (χ4v) is 7.03. The molecule has 0 bridgehead atoms. The second-order valence-electron chi connectivity index (χ2n) is 15.2. The highest BCUT2D eigenvalue weighted by atomic mass is 31.2. The van der Waals surface area contributed by atoms with Crippen LogP contribution in [0.15, 0.2) is 109 Å². The van der Waals surface area contributed by atoms with Gasteiger partial charge in [-0.25, -0.2) is 4.57 Å². The second-order valence-corrected chi connectivity index (χ2v) is 16.6. The number of aliphatic hydroxyl groups excluding tert-OH is 5. The average Bonchev–Trinajstić information content (AvgIpc) is 3.26. The highest BCUT2D eigenvalue weighted by Gasteiger charge is 2.51. The van der Waals surface area contributed by atoms with Gasteiger partial charge in [0.05, 0.1) is 13.0 Å². The zero-order chi connectivity index (χ0) is 46.4. The maximum atomic E-state index is 12.8. The van der Waals surface area contributed by atoms with Crippen LogP contribution < -0.4 is 0 Å². The predicted molar refractivity (Wildman–Crippen MR) is 248 cm³/mol. The SMILES string of the molecule is CC/C=C\C/C=C\C/C=C\C/C=C\C/C=C\CC(=O)OC(COC(=O)CCCCCCCC/C=C\C/C=C\C/C=C\C/C=C\CC)COP(=O)(O)OC1C(O)C(O)C(O)C(O)C1O. The summed E-state index contributed by atoms with van der Waals surface area (Å²) in [6, 6.07) is 0. The number of ether oxygens (including phenoxy) is 2. The normalized spacial score (nSPS) is 22.7. The van der Waals surface area contributed by atoms with Crippen molar-refractivity contribution in [3.8, 4) is 0 Å². The van der Waals surface area contributed by atoms with Gasteiger partial charge in [-0.3, -0.25) is 18.6 Å². The standard InChI is InChI=1S/C49H77O13P/c1-3-5-7-9-11-13-15-17-19-20-21-22-24-25-27-29-31-33-35-37-42(50)59-39-41(40-60-63(57,58)62-49-47(55)45(53)44(52)46(54)48(49)56)61-43(51)38-36-34-32-30-28-26-23-18-16-14-12-10-8-6-4-2/h5-8,11-14,17-19,21-23,28,30,34,36,41,44-49,52-56H,3-4,9-10,15-16,20,24-27,29,31-33,35,37-40H2,1-2H3,(H,57,58)/b7-5-,8-6-,13-11-,14-12-,19-17-,22-21-,23-18-,30-28-,36-34-. The van der Waals surface area contributed by atoms with Crippen LogP contribution in [0.1, 0.15) is 129 Å². The zero-order valence-electron chi connectivity index (χ0n) is 37.6. The molecule has 1 aliphatic rings. The number of hydrogen-bond acceptors (Lipinski definition) is 12. The molecule has 6 unspecified atom stereocenters. The highest BCUT2D eigenvalue weighted by molar-refractivity contribution is 7.47. The predicted octanol–water partition coefficient (Wildman–Crippen LogP) is 8.83. The van der Waals surface area contributed by atoms with Crippen molar-refractivity contribution in [2.45, 2.75) is 172 Å². The molecule has 1 saturated carbocycles. The number of unbranched alkanes of at least 4 members (excludes halogenated alkanes) is 6. The van der Waals surface area contributed by atoms with Gasteiger partial charge in [-0.15, -0.1) is 0 Å². The molecule has 1 rings (SSSR count). The van der Waals surface area contributed by atoms with Crippen LogP contribution in [0.3, 0.4) is 0 Å². The molecule has 0 aromatic carbocycles. The van der Waals surface area contributed by atoms with E-state index in [2.05, 4.69) is 98.9 Å². The van der Waals surface area contributed by atoms with Crippen molar-refractivity contribution in [1.82, 2.24) is 0 Å². The Labute approximate surface area is 376 Å². The summed E-state index contributed by atoms with van der Waals surface area (Å²) in [6.45, 7) is 2.95. The summed E-state index contributed by atoms with van der Waals surface area (Å²) in [4.78, 5) is 35.6. The van der Waals surface area contributed by atoms with Gasteiger partial charge >= 0.3 is 19.8 Å². The summed E-state index contributed by atoms with van der Waals surface area (Å²) in [5.74, 6) is -1.28. The molecular weight excluding hydrogens is 828 g/mol. The minimum absolute atomic E-state index is 0.124.